The Balaban J connectivity index is 2.14. The molecule has 0 saturated carbocycles. The van der Waals surface area contributed by atoms with Crippen LogP contribution in [0.1, 0.15) is 24.0 Å². The van der Waals surface area contributed by atoms with Gasteiger partial charge in [-0.15, -0.1) is 0 Å². The van der Waals surface area contributed by atoms with Gasteiger partial charge in [0.15, 0.2) is 0 Å². The molecular weight excluding hydrogens is 438 g/mol. The van der Waals surface area contributed by atoms with Crippen molar-refractivity contribution in [1.29, 1.82) is 16.1 Å². The van der Waals surface area contributed by atoms with Gasteiger partial charge in [-0.1, -0.05) is 0 Å². The molecule has 1 aromatic carbocycles. The van der Waals surface area contributed by atoms with Crippen LogP contribution < -0.4 is 10.6 Å². The Hall–Kier alpha value is -4.13. The second-order valence-corrected chi connectivity index (χ2v) is 7.90. The van der Waals surface area contributed by atoms with Gasteiger partial charge in [-0.3, -0.25) is 15.8 Å². The van der Waals surface area contributed by atoms with Crippen molar-refractivity contribution in [2.75, 3.05) is 32.1 Å². The maximum Gasteiger partial charge on any atom is 0.212 e. The molecule has 1 fully saturated rings. The first-order chi connectivity index (χ1) is 16.3. The molecule has 0 amide bonds. The highest BCUT2D eigenvalue weighted by molar-refractivity contribution is 5.92. The molecule has 2 aromatic rings. The summed E-state index contributed by atoms with van der Waals surface area (Å²) in [5.41, 5.74) is 7.64. The fourth-order valence-electron chi connectivity index (χ4n) is 4.07. The van der Waals surface area contributed by atoms with E-state index >= 15 is 4.39 Å². The summed E-state index contributed by atoms with van der Waals surface area (Å²) in [7, 11) is 3.23. The van der Waals surface area contributed by atoms with Crippen LogP contribution in [0.2, 0.25) is 0 Å². The predicted molar refractivity (Wildman–Crippen MR) is 130 cm³/mol. The molecule has 34 heavy (non-hydrogen) atoms. The van der Waals surface area contributed by atoms with E-state index in [-0.39, 0.29) is 28.3 Å². The molecule has 1 aromatic heterocycles. The highest BCUT2D eigenvalue weighted by Gasteiger charge is 2.30. The second-order valence-electron chi connectivity index (χ2n) is 7.90. The maximum atomic E-state index is 15.6. The number of halogens is 2. The van der Waals surface area contributed by atoms with Crippen molar-refractivity contribution in [1.82, 2.24) is 9.88 Å². The molecule has 0 atom stereocenters. The second kappa shape index (κ2) is 10.7. The summed E-state index contributed by atoms with van der Waals surface area (Å²) >= 11 is 0. The first kappa shape index (κ1) is 24.5. The van der Waals surface area contributed by atoms with E-state index in [9.17, 15) is 9.65 Å². The van der Waals surface area contributed by atoms with Gasteiger partial charge in [-0.2, -0.15) is 9.65 Å². The monoisotopic (exact) mass is 464 g/mol. The molecule has 2 heterocycles. The first-order valence-corrected chi connectivity index (χ1v) is 10.7. The Morgan fingerprint density at radius 1 is 1.35 bits per heavy atom. The van der Waals surface area contributed by atoms with Crippen molar-refractivity contribution in [3.05, 3.63) is 53.4 Å². The number of pyridine rings is 1. The zero-order valence-electron chi connectivity index (χ0n) is 19.0. The van der Waals surface area contributed by atoms with E-state index in [0.29, 0.717) is 43.0 Å². The van der Waals surface area contributed by atoms with Crippen molar-refractivity contribution in [2.45, 2.75) is 12.8 Å². The van der Waals surface area contributed by atoms with Crippen LogP contribution in [0.3, 0.4) is 0 Å². The van der Waals surface area contributed by atoms with Crippen LogP contribution in [0.4, 0.5) is 14.5 Å². The number of nitrogens with zero attached hydrogens (tertiary/aromatic N) is 5. The van der Waals surface area contributed by atoms with Crippen LogP contribution in [0.15, 0.2) is 35.5 Å². The van der Waals surface area contributed by atoms with Crippen LogP contribution in [-0.4, -0.2) is 55.5 Å². The number of aromatic nitrogens is 1. The van der Waals surface area contributed by atoms with Gasteiger partial charge in [0.2, 0.25) is 5.95 Å². The maximum absolute atomic E-state index is 15.6. The lowest BCUT2D eigenvalue weighted by atomic mass is 9.90. The van der Waals surface area contributed by atoms with E-state index < -0.39 is 11.8 Å². The van der Waals surface area contributed by atoms with Crippen LogP contribution in [0.25, 0.3) is 16.8 Å². The predicted octanol–water partition coefficient (Wildman–Crippen LogP) is 3.63. The van der Waals surface area contributed by atoms with Gasteiger partial charge < -0.3 is 15.5 Å². The number of allylic oxidation sites excluding steroid dienone is 1. The van der Waals surface area contributed by atoms with Crippen molar-refractivity contribution >= 4 is 29.8 Å². The van der Waals surface area contributed by atoms with Gasteiger partial charge in [0.25, 0.3) is 0 Å². The normalized spacial score (nSPS) is 14.8. The SMILES string of the molecule is CN=C/C=C(\N)c1cc(F)c(-c2ccc(F)nc2)c(N2CCC(C(=N)N(C)C=N)CC2)c1C#N. The average molecular weight is 465 g/mol. The summed E-state index contributed by atoms with van der Waals surface area (Å²) in [5, 5.41) is 25.8. The molecule has 1 aliphatic heterocycles. The Morgan fingerprint density at radius 3 is 2.62 bits per heavy atom. The number of anilines is 1. The molecule has 0 radical (unpaired) electrons. The molecule has 4 N–H and O–H groups in total. The number of benzene rings is 1. The first-order valence-electron chi connectivity index (χ1n) is 10.7. The number of nitriles is 1. The van der Waals surface area contributed by atoms with Crippen LogP contribution in [0, 0.1) is 39.8 Å². The lowest BCUT2D eigenvalue weighted by Gasteiger charge is -2.37. The number of amidine groups is 1. The van der Waals surface area contributed by atoms with Crippen LogP contribution >= 0.6 is 0 Å². The summed E-state index contributed by atoms with van der Waals surface area (Å²) in [5.74, 6) is -1.03. The van der Waals surface area contributed by atoms with Crippen molar-refractivity contribution in [3.63, 3.8) is 0 Å². The molecule has 0 spiro atoms. The molecule has 1 aliphatic rings. The van der Waals surface area contributed by atoms with E-state index in [1.807, 2.05) is 4.90 Å². The van der Waals surface area contributed by atoms with Gasteiger partial charge in [-0.25, -0.2) is 9.37 Å². The van der Waals surface area contributed by atoms with Gasteiger partial charge in [-0.05, 0) is 37.1 Å². The molecule has 0 aliphatic carbocycles. The number of hydrogen-bond donors (Lipinski definition) is 3. The zero-order chi connectivity index (χ0) is 24.8. The number of aliphatic imine (C=N–C) groups is 1. The number of nitrogens with one attached hydrogen (secondary N) is 2. The Bertz CT molecular complexity index is 1170. The van der Waals surface area contributed by atoms with Crippen molar-refractivity contribution < 1.29 is 8.78 Å². The standard InChI is InChI=1S/C24H26F2N8/c1-31-8-5-20(29)17-11-19(25)22(16-3-4-21(26)32-13-16)23(18(17)12-27)34-9-6-15(7-10-34)24(30)33(2)14-28/h3-5,8,11,13-15,28,30H,6-7,9-10,29H2,1-2H3/b20-5-,28-14?,30-24?,31-8?. The van der Waals surface area contributed by atoms with E-state index in [0.717, 1.165) is 12.4 Å². The summed E-state index contributed by atoms with van der Waals surface area (Å²) in [6, 6.07) is 5.96. The summed E-state index contributed by atoms with van der Waals surface area (Å²) in [4.78, 5) is 10.9. The topological polar surface area (TPSA) is 129 Å². The van der Waals surface area contributed by atoms with Crippen molar-refractivity contribution in [2.24, 2.45) is 16.6 Å². The third-order valence-corrected chi connectivity index (χ3v) is 5.87. The van der Waals surface area contributed by atoms with Gasteiger partial charge in [0.1, 0.15) is 17.7 Å². The molecule has 0 unspecified atom stereocenters. The largest absolute Gasteiger partial charge is 0.398 e. The third kappa shape index (κ3) is 4.93. The van der Waals surface area contributed by atoms with Crippen LogP contribution in [0.5, 0.6) is 0 Å². The number of nitrogens with two attached hydrogens (primary N) is 1. The van der Waals surface area contributed by atoms with Crippen molar-refractivity contribution in [3.8, 4) is 17.2 Å². The fraction of sp³-hybridized carbons (Fsp3) is 0.292. The van der Waals surface area contributed by atoms with E-state index in [1.165, 1.54) is 35.5 Å². The number of hydrogen-bond acceptors (Lipinski definition) is 7. The van der Waals surface area contributed by atoms with Crippen LogP contribution in [-0.2, 0) is 0 Å². The summed E-state index contributed by atoms with van der Waals surface area (Å²) in [6.45, 7) is 0.913. The average Bonchev–Trinajstić information content (AvgIpc) is 2.86. The molecule has 176 valence electrons. The highest BCUT2D eigenvalue weighted by Crippen LogP contribution is 2.41. The molecule has 0 bridgehead atoms. The molecule has 1 saturated heterocycles. The third-order valence-electron chi connectivity index (χ3n) is 5.87. The number of rotatable bonds is 6. The number of piperidine rings is 1. The minimum absolute atomic E-state index is 0.0666. The molecule has 3 rings (SSSR count). The molecule has 8 nitrogen and oxygen atoms in total. The van der Waals surface area contributed by atoms with E-state index in [1.54, 1.807) is 14.1 Å². The lowest BCUT2D eigenvalue weighted by Crippen LogP contribution is -2.41. The summed E-state index contributed by atoms with van der Waals surface area (Å²) in [6.07, 6.45) is 6.46. The zero-order valence-corrected chi connectivity index (χ0v) is 19.0. The Morgan fingerprint density at radius 2 is 2.06 bits per heavy atom. The summed E-state index contributed by atoms with van der Waals surface area (Å²) < 4.78 is 29.0. The fourth-order valence-corrected chi connectivity index (χ4v) is 4.07. The molecule has 10 heteroatoms. The lowest BCUT2D eigenvalue weighted by molar-refractivity contribution is 0.472. The Kier molecular flexibility index (Phi) is 7.68. The Labute approximate surface area is 197 Å². The highest BCUT2D eigenvalue weighted by atomic mass is 19.1. The van der Waals surface area contributed by atoms with E-state index in [4.69, 9.17) is 16.6 Å². The van der Waals surface area contributed by atoms with Gasteiger partial charge >= 0.3 is 0 Å². The smallest absolute Gasteiger partial charge is 0.212 e. The minimum atomic E-state index is -0.691. The molecular formula is C24H26F2N8. The quantitative estimate of drug-likeness (QED) is 0.342. The van der Waals surface area contributed by atoms with Gasteiger partial charge in [0.05, 0.1) is 17.6 Å². The van der Waals surface area contributed by atoms with Gasteiger partial charge in [0, 0.05) is 67.9 Å². The minimum Gasteiger partial charge on any atom is -0.398 e. The van der Waals surface area contributed by atoms with E-state index in [2.05, 4.69) is 16.0 Å².